The smallest absolute Gasteiger partial charge is 0.189 e. The third-order valence-corrected chi connectivity index (χ3v) is 9.89. The Kier molecular flexibility index (Phi) is 8.23. The van der Waals surface area contributed by atoms with Gasteiger partial charge in [0.2, 0.25) is 0 Å². The predicted octanol–water partition coefficient (Wildman–Crippen LogP) is 12.5. The van der Waals surface area contributed by atoms with Crippen LogP contribution >= 0.6 is 0 Å². The molecule has 7 nitrogen and oxygen atoms in total. The summed E-state index contributed by atoms with van der Waals surface area (Å²) in [5.74, 6) is 0. The molecule has 0 saturated carbocycles. The topological polar surface area (TPSA) is 95.0 Å². The minimum atomic E-state index is 0.399. The summed E-state index contributed by atoms with van der Waals surface area (Å²) in [7, 11) is 0. The SMILES string of the molecule is [C-]#[N+]c1ccc(-c2nc3c(-c4ccccc4)cc4c(-c5cccc(-c6cc(C#N)cc([N+]#[C-])c6)c5)nc5ccccc5c4c3nc2-c2ccc(C#N)cc2)cc1. The van der Waals surface area contributed by atoms with Crippen LogP contribution in [0.2, 0.25) is 0 Å². The molecule has 0 aliphatic heterocycles. The zero-order chi connectivity index (χ0) is 38.2. The molecule has 0 spiro atoms. The maximum atomic E-state index is 9.71. The second-order valence-electron chi connectivity index (χ2n) is 13.2. The number of nitrogens with zero attached hydrogens (tertiary/aromatic N) is 7. The van der Waals surface area contributed by atoms with E-state index in [0.29, 0.717) is 44.9 Å². The molecule has 0 atom stereocenters. The van der Waals surface area contributed by atoms with Crippen molar-refractivity contribution >= 4 is 44.1 Å². The summed E-state index contributed by atoms with van der Waals surface area (Å²) >= 11 is 0. The van der Waals surface area contributed by atoms with Gasteiger partial charge in [0.1, 0.15) is 0 Å². The highest BCUT2D eigenvalue weighted by Gasteiger charge is 2.22. The predicted molar refractivity (Wildman–Crippen MR) is 221 cm³/mol. The van der Waals surface area contributed by atoms with Crippen LogP contribution in [0.5, 0.6) is 0 Å². The molecule has 2 heterocycles. The van der Waals surface area contributed by atoms with Gasteiger partial charge in [0.25, 0.3) is 0 Å². The van der Waals surface area contributed by atoms with Gasteiger partial charge in [-0.15, -0.1) is 0 Å². The molecule has 0 amide bonds. The first-order valence-electron chi connectivity index (χ1n) is 17.7. The van der Waals surface area contributed by atoms with Crippen LogP contribution in [0.15, 0.2) is 152 Å². The van der Waals surface area contributed by atoms with E-state index in [1.807, 2.05) is 78.9 Å². The highest BCUT2D eigenvalue weighted by molar-refractivity contribution is 6.24. The van der Waals surface area contributed by atoms with Crippen molar-refractivity contribution in [1.82, 2.24) is 15.0 Å². The van der Waals surface area contributed by atoms with E-state index in [-0.39, 0.29) is 0 Å². The van der Waals surface area contributed by atoms with Gasteiger partial charge in [0.15, 0.2) is 11.4 Å². The molecule has 0 unspecified atom stereocenters. The monoisotopic (exact) mass is 711 g/mol. The zero-order valence-corrected chi connectivity index (χ0v) is 29.6. The lowest BCUT2D eigenvalue weighted by Crippen LogP contribution is -2.00. The third-order valence-electron chi connectivity index (χ3n) is 9.89. The molecular weight excluding hydrogens is 687 g/mol. The van der Waals surface area contributed by atoms with Crippen LogP contribution in [0, 0.1) is 35.8 Å². The first-order chi connectivity index (χ1) is 27.5. The molecule has 7 heteroatoms. The Hall–Kier alpha value is -8.49. The Morgan fingerprint density at radius 2 is 1.07 bits per heavy atom. The summed E-state index contributed by atoms with van der Waals surface area (Å²) in [4.78, 5) is 23.5. The number of hydrogen-bond acceptors (Lipinski definition) is 5. The summed E-state index contributed by atoms with van der Waals surface area (Å²) in [6, 6.07) is 52.6. The number of nitriles is 2. The number of pyridine rings is 1. The van der Waals surface area contributed by atoms with Crippen LogP contribution < -0.4 is 0 Å². The number of benzene rings is 7. The molecule has 256 valence electrons. The van der Waals surface area contributed by atoms with Crippen molar-refractivity contribution < 1.29 is 0 Å². The van der Waals surface area contributed by atoms with Crippen molar-refractivity contribution in [3.63, 3.8) is 0 Å². The highest BCUT2D eigenvalue weighted by Crippen LogP contribution is 2.43. The molecule has 9 rings (SSSR count). The van der Waals surface area contributed by atoms with Gasteiger partial charge in [0.05, 0.1) is 64.5 Å². The van der Waals surface area contributed by atoms with Gasteiger partial charge in [0, 0.05) is 38.4 Å². The fourth-order valence-corrected chi connectivity index (χ4v) is 7.24. The maximum Gasteiger partial charge on any atom is 0.189 e. The fourth-order valence-electron chi connectivity index (χ4n) is 7.24. The van der Waals surface area contributed by atoms with Crippen molar-refractivity contribution in [2.45, 2.75) is 0 Å². The summed E-state index contributed by atoms with van der Waals surface area (Å²) in [5.41, 5.74) is 12.1. The molecule has 0 fully saturated rings. The molecule has 7 aromatic carbocycles. The van der Waals surface area contributed by atoms with Crippen LogP contribution in [-0.2, 0) is 0 Å². The summed E-state index contributed by atoms with van der Waals surface area (Å²) < 4.78 is 0. The second kappa shape index (κ2) is 13.8. The van der Waals surface area contributed by atoms with Crippen molar-refractivity contribution in [3.05, 3.63) is 186 Å². The Balaban J connectivity index is 1.41. The molecular formula is C49H25N7. The minimum absolute atomic E-state index is 0.399. The van der Waals surface area contributed by atoms with Gasteiger partial charge in [-0.1, -0.05) is 103 Å². The number of fused-ring (bicyclic) bond motifs is 5. The summed E-state index contributed by atoms with van der Waals surface area (Å²) in [6.07, 6.45) is 0. The highest BCUT2D eigenvalue weighted by atomic mass is 14.8. The van der Waals surface area contributed by atoms with E-state index in [1.54, 1.807) is 42.5 Å². The summed E-state index contributed by atoms with van der Waals surface area (Å²) in [5, 5.41) is 22.0. The van der Waals surface area contributed by atoms with E-state index in [9.17, 15) is 10.5 Å². The fraction of sp³-hybridized carbons (Fsp3) is 0. The van der Waals surface area contributed by atoms with E-state index in [4.69, 9.17) is 28.1 Å². The van der Waals surface area contributed by atoms with Crippen molar-refractivity contribution in [2.75, 3.05) is 0 Å². The molecule has 0 N–H and O–H groups in total. The van der Waals surface area contributed by atoms with E-state index >= 15 is 0 Å². The standard InChI is InChI=1S/C49H25N7/c1-52-38-21-19-34(20-22-38)46-47(33-17-15-30(28-50)16-18-33)56-49-44-40-13-6-7-14-43(40)54-45(42(44)27-41(48(49)55-46)32-9-4-3-5-10-32)36-12-8-11-35(25-36)37-23-31(29-51)24-39(26-37)53-2/h3-27H. The van der Waals surface area contributed by atoms with Gasteiger partial charge >= 0.3 is 0 Å². The first kappa shape index (κ1) is 33.4. The van der Waals surface area contributed by atoms with Crippen LogP contribution in [0.25, 0.3) is 98.4 Å². The lowest BCUT2D eigenvalue weighted by atomic mass is 9.92. The lowest BCUT2D eigenvalue weighted by Gasteiger charge is -2.18. The average molecular weight is 712 g/mol. The van der Waals surface area contributed by atoms with E-state index < -0.39 is 0 Å². The Morgan fingerprint density at radius 1 is 0.429 bits per heavy atom. The maximum absolute atomic E-state index is 9.71. The Labute approximate surface area is 322 Å². The number of aromatic nitrogens is 3. The molecule has 0 aliphatic carbocycles. The minimum Gasteiger partial charge on any atom is -0.247 e. The first-order valence-corrected chi connectivity index (χ1v) is 17.7. The average Bonchev–Trinajstić information content (AvgIpc) is 3.28. The van der Waals surface area contributed by atoms with Crippen LogP contribution in [0.4, 0.5) is 11.4 Å². The van der Waals surface area contributed by atoms with Gasteiger partial charge in [-0.05, 0) is 70.8 Å². The van der Waals surface area contributed by atoms with Crippen LogP contribution in [0.1, 0.15) is 11.1 Å². The molecule has 9 aromatic rings. The molecule has 0 radical (unpaired) electrons. The van der Waals surface area contributed by atoms with Crippen LogP contribution in [0.3, 0.4) is 0 Å². The number of rotatable bonds is 5. The van der Waals surface area contributed by atoms with Gasteiger partial charge in [-0.2, -0.15) is 10.5 Å². The summed E-state index contributed by atoms with van der Waals surface area (Å²) in [6.45, 7) is 15.1. The van der Waals surface area contributed by atoms with Gasteiger partial charge in [-0.25, -0.2) is 24.6 Å². The van der Waals surface area contributed by atoms with E-state index in [2.05, 4.69) is 52.2 Å². The molecule has 0 saturated heterocycles. The van der Waals surface area contributed by atoms with Gasteiger partial charge in [-0.3, -0.25) is 0 Å². The van der Waals surface area contributed by atoms with Gasteiger partial charge < -0.3 is 0 Å². The third kappa shape index (κ3) is 5.82. The second-order valence-corrected chi connectivity index (χ2v) is 13.2. The number of para-hydroxylation sites is 1. The Bertz CT molecular complexity index is 3180. The lowest BCUT2D eigenvalue weighted by molar-refractivity contribution is 1.30. The number of hydrogen-bond donors (Lipinski definition) is 0. The molecule has 56 heavy (non-hydrogen) atoms. The largest absolute Gasteiger partial charge is 0.247 e. The van der Waals surface area contributed by atoms with E-state index in [0.717, 1.165) is 66.3 Å². The Morgan fingerprint density at radius 3 is 1.79 bits per heavy atom. The quantitative estimate of drug-likeness (QED) is 0.131. The van der Waals surface area contributed by atoms with Crippen molar-refractivity contribution in [3.8, 4) is 68.2 Å². The van der Waals surface area contributed by atoms with Crippen molar-refractivity contribution in [1.29, 1.82) is 10.5 Å². The molecule has 2 aromatic heterocycles. The zero-order valence-electron chi connectivity index (χ0n) is 29.6. The molecule has 0 aliphatic rings. The van der Waals surface area contributed by atoms with E-state index in [1.165, 1.54) is 0 Å². The normalized spacial score (nSPS) is 10.8. The van der Waals surface area contributed by atoms with Crippen LogP contribution in [-0.4, -0.2) is 15.0 Å². The van der Waals surface area contributed by atoms with Crippen molar-refractivity contribution in [2.24, 2.45) is 0 Å². The molecule has 0 bridgehead atoms.